The number of rotatable bonds is 5. The number of carboxylic acids is 1. The van der Waals surface area contributed by atoms with Gasteiger partial charge >= 0.3 is 5.97 Å². The van der Waals surface area contributed by atoms with E-state index in [9.17, 15) is 4.79 Å². The van der Waals surface area contributed by atoms with E-state index in [0.717, 1.165) is 0 Å². The second-order valence-electron chi connectivity index (χ2n) is 3.68. The lowest BCUT2D eigenvalue weighted by atomic mass is 10.2. The lowest BCUT2D eigenvalue weighted by molar-refractivity contribution is 0.0695. The summed E-state index contributed by atoms with van der Waals surface area (Å²) < 4.78 is 11.2. The quantitative estimate of drug-likeness (QED) is 0.909. The van der Waals surface area contributed by atoms with Crippen LogP contribution in [0.4, 0.5) is 0 Å². The maximum atomic E-state index is 11.0. The summed E-state index contributed by atoms with van der Waals surface area (Å²) in [6, 6.07) is 4.71. The van der Waals surface area contributed by atoms with Gasteiger partial charge in [0, 0.05) is 10.9 Å². The van der Waals surface area contributed by atoms with Crippen molar-refractivity contribution in [3.8, 4) is 5.75 Å². The smallest absolute Gasteiger partial charge is 0.336 e. The second-order valence-corrected chi connectivity index (χ2v) is 4.53. The van der Waals surface area contributed by atoms with Crippen LogP contribution in [0.3, 0.4) is 0 Å². The van der Waals surface area contributed by atoms with E-state index < -0.39 is 5.97 Å². The average molecular weight is 327 g/mol. The maximum absolute atomic E-state index is 11.0. The van der Waals surface area contributed by atoms with Gasteiger partial charge in [0.1, 0.15) is 5.75 Å². The van der Waals surface area contributed by atoms with Crippen LogP contribution < -0.4 is 4.74 Å². The van der Waals surface area contributed by atoms with Gasteiger partial charge in [0.15, 0.2) is 6.61 Å². The molecule has 1 N–H and O–H groups in total. The predicted octanol–water partition coefficient (Wildman–Crippen LogP) is 2.67. The van der Waals surface area contributed by atoms with E-state index in [1.807, 2.05) is 6.92 Å². The number of carboxylic acid groups (broad SMARTS) is 1. The summed E-state index contributed by atoms with van der Waals surface area (Å²) >= 11 is 3.16. The zero-order valence-corrected chi connectivity index (χ0v) is 11.7. The van der Waals surface area contributed by atoms with Crippen molar-refractivity contribution < 1.29 is 19.1 Å². The zero-order chi connectivity index (χ0) is 13.8. The first-order valence-electron chi connectivity index (χ1n) is 5.57. The molecule has 2 rings (SSSR count). The van der Waals surface area contributed by atoms with Crippen molar-refractivity contribution in [1.82, 2.24) is 10.2 Å². The van der Waals surface area contributed by atoms with Crippen molar-refractivity contribution in [3.05, 3.63) is 40.0 Å². The van der Waals surface area contributed by atoms with Gasteiger partial charge in [-0.25, -0.2) is 4.79 Å². The number of hydrogen-bond acceptors (Lipinski definition) is 5. The fraction of sp³-hybridized carbons (Fsp3) is 0.250. The summed E-state index contributed by atoms with van der Waals surface area (Å²) in [6.07, 6.45) is 0.661. The van der Waals surface area contributed by atoms with Crippen molar-refractivity contribution in [3.63, 3.8) is 0 Å². The second kappa shape index (κ2) is 5.83. The molecule has 19 heavy (non-hydrogen) atoms. The van der Waals surface area contributed by atoms with Crippen LogP contribution in [-0.2, 0) is 13.0 Å². The highest BCUT2D eigenvalue weighted by molar-refractivity contribution is 9.10. The molecule has 0 bridgehead atoms. The van der Waals surface area contributed by atoms with Crippen LogP contribution >= 0.6 is 15.9 Å². The van der Waals surface area contributed by atoms with Crippen LogP contribution in [0.1, 0.15) is 29.1 Å². The number of aryl methyl sites for hydroxylation is 1. The maximum Gasteiger partial charge on any atom is 0.336 e. The lowest BCUT2D eigenvalue weighted by Gasteiger charge is -2.05. The minimum Gasteiger partial charge on any atom is -0.484 e. The molecule has 1 heterocycles. The van der Waals surface area contributed by atoms with Crippen LogP contribution in [0.2, 0.25) is 0 Å². The number of benzene rings is 1. The third-order valence-electron chi connectivity index (χ3n) is 2.34. The molecule has 1 aromatic carbocycles. The van der Waals surface area contributed by atoms with E-state index in [-0.39, 0.29) is 12.2 Å². The summed E-state index contributed by atoms with van der Waals surface area (Å²) in [6.45, 7) is 2.01. The molecular formula is C12H11BrN2O4. The Morgan fingerprint density at radius 1 is 1.42 bits per heavy atom. The van der Waals surface area contributed by atoms with Crippen molar-refractivity contribution in [2.45, 2.75) is 20.0 Å². The van der Waals surface area contributed by atoms with E-state index in [1.165, 1.54) is 6.07 Å². The van der Waals surface area contributed by atoms with Gasteiger partial charge in [-0.2, -0.15) is 0 Å². The first-order chi connectivity index (χ1) is 9.10. The Labute approximate surface area is 117 Å². The fourth-order valence-electron chi connectivity index (χ4n) is 1.39. The molecule has 0 spiro atoms. The highest BCUT2D eigenvalue weighted by Crippen LogP contribution is 2.23. The number of aromatic carboxylic acids is 1. The van der Waals surface area contributed by atoms with Gasteiger partial charge in [-0.3, -0.25) is 0 Å². The summed E-state index contributed by atoms with van der Waals surface area (Å²) in [7, 11) is 0. The summed E-state index contributed by atoms with van der Waals surface area (Å²) in [4.78, 5) is 11.0. The van der Waals surface area contributed by atoms with Crippen molar-refractivity contribution >= 4 is 21.9 Å². The van der Waals surface area contributed by atoms with Crippen LogP contribution in [0, 0.1) is 0 Å². The molecule has 0 saturated carbocycles. The normalized spacial score (nSPS) is 10.4. The topological polar surface area (TPSA) is 85.5 Å². The third-order valence-corrected chi connectivity index (χ3v) is 3.03. The van der Waals surface area contributed by atoms with E-state index >= 15 is 0 Å². The zero-order valence-electron chi connectivity index (χ0n) is 10.1. The number of carbonyl (C=O) groups is 1. The summed E-state index contributed by atoms with van der Waals surface area (Å²) in [5.74, 6) is 0.303. The number of halogens is 1. The molecule has 0 saturated heterocycles. The Morgan fingerprint density at radius 3 is 2.79 bits per heavy atom. The van der Waals surface area contributed by atoms with Crippen molar-refractivity contribution in [2.24, 2.45) is 0 Å². The monoisotopic (exact) mass is 326 g/mol. The minimum absolute atomic E-state index is 0.105. The Kier molecular flexibility index (Phi) is 4.16. The molecule has 0 fully saturated rings. The molecule has 0 aliphatic rings. The molecule has 1 aromatic heterocycles. The van der Waals surface area contributed by atoms with E-state index in [2.05, 4.69) is 26.1 Å². The molecule has 0 radical (unpaired) electrons. The third kappa shape index (κ3) is 3.31. The predicted molar refractivity (Wildman–Crippen MR) is 69.1 cm³/mol. The number of nitrogens with zero attached hydrogens (tertiary/aromatic N) is 2. The Bertz CT molecular complexity index is 597. The van der Waals surface area contributed by atoms with Gasteiger partial charge in [-0.15, -0.1) is 10.2 Å². The molecule has 6 nitrogen and oxygen atoms in total. The van der Waals surface area contributed by atoms with Crippen molar-refractivity contribution in [1.29, 1.82) is 0 Å². The number of hydrogen-bond donors (Lipinski definition) is 1. The van der Waals surface area contributed by atoms with Gasteiger partial charge in [-0.1, -0.05) is 6.92 Å². The molecule has 0 atom stereocenters. The fourth-order valence-corrected chi connectivity index (χ4v) is 1.81. The van der Waals surface area contributed by atoms with Gasteiger partial charge in [0.25, 0.3) is 5.89 Å². The SMILES string of the molecule is CCc1nnc(COc2ccc(Br)c(C(=O)O)c2)o1. The van der Waals surface area contributed by atoms with Gasteiger partial charge in [0.05, 0.1) is 5.56 Å². The molecule has 0 amide bonds. The van der Waals surface area contributed by atoms with E-state index in [4.69, 9.17) is 14.3 Å². The van der Waals surface area contributed by atoms with Crippen LogP contribution in [0.15, 0.2) is 27.1 Å². The largest absolute Gasteiger partial charge is 0.484 e. The minimum atomic E-state index is -1.02. The van der Waals surface area contributed by atoms with E-state index in [0.29, 0.717) is 28.4 Å². The average Bonchev–Trinajstić information content (AvgIpc) is 2.85. The van der Waals surface area contributed by atoms with E-state index in [1.54, 1.807) is 12.1 Å². The molecular weight excluding hydrogens is 316 g/mol. The molecule has 7 heteroatoms. The Hall–Kier alpha value is -1.89. The summed E-state index contributed by atoms with van der Waals surface area (Å²) in [5.41, 5.74) is 0.136. The van der Waals surface area contributed by atoms with Crippen molar-refractivity contribution in [2.75, 3.05) is 0 Å². The molecule has 2 aromatic rings. The molecule has 0 aliphatic carbocycles. The highest BCUT2D eigenvalue weighted by atomic mass is 79.9. The molecule has 100 valence electrons. The highest BCUT2D eigenvalue weighted by Gasteiger charge is 2.11. The van der Waals surface area contributed by atoms with Crippen LogP contribution in [0.5, 0.6) is 5.75 Å². The van der Waals surface area contributed by atoms with Crippen LogP contribution in [0.25, 0.3) is 0 Å². The van der Waals surface area contributed by atoms with Gasteiger partial charge in [-0.05, 0) is 34.1 Å². The Balaban J connectivity index is 2.07. The van der Waals surface area contributed by atoms with Gasteiger partial charge in [0.2, 0.25) is 5.89 Å². The lowest BCUT2D eigenvalue weighted by Crippen LogP contribution is -2.00. The first-order valence-corrected chi connectivity index (χ1v) is 6.36. The Morgan fingerprint density at radius 2 is 2.16 bits per heavy atom. The first kappa shape index (κ1) is 13.5. The molecule has 0 unspecified atom stereocenters. The number of aromatic nitrogens is 2. The summed E-state index contributed by atoms with van der Waals surface area (Å²) in [5, 5.41) is 16.6. The standard InChI is InChI=1S/C12H11BrN2O4/c1-2-10-14-15-11(19-10)6-18-7-3-4-9(13)8(5-7)12(16)17/h3-5H,2,6H2,1H3,(H,16,17). The van der Waals surface area contributed by atoms with Crippen LogP contribution in [-0.4, -0.2) is 21.3 Å². The molecule has 0 aliphatic heterocycles. The number of ether oxygens (including phenoxy) is 1. The van der Waals surface area contributed by atoms with Gasteiger partial charge < -0.3 is 14.3 Å².